The number of aromatic nitrogens is 3. The van der Waals surface area contributed by atoms with E-state index in [2.05, 4.69) is 20.6 Å². The van der Waals surface area contributed by atoms with Crippen molar-refractivity contribution in [3.8, 4) is 5.88 Å². The van der Waals surface area contributed by atoms with E-state index in [4.69, 9.17) is 22.1 Å². The summed E-state index contributed by atoms with van der Waals surface area (Å²) in [6, 6.07) is 10.9. The van der Waals surface area contributed by atoms with Gasteiger partial charge in [-0.2, -0.15) is 0 Å². The molecule has 1 atom stereocenters. The minimum atomic E-state index is -0.380. The molecule has 1 aliphatic rings. The van der Waals surface area contributed by atoms with Crippen molar-refractivity contribution in [3.63, 3.8) is 0 Å². The highest BCUT2D eigenvalue weighted by Gasteiger charge is 2.25. The Hall–Kier alpha value is -3.63. The summed E-state index contributed by atoms with van der Waals surface area (Å²) in [6.45, 7) is 0.479. The molecule has 33 heavy (non-hydrogen) atoms. The second-order valence-electron chi connectivity index (χ2n) is 7.51. The average molecular weight is 483 g/mol. The molecule has 168 valence electrons. The van der Waals surface area contributed by atoms with Crippen molar-refractivity contribution >= 4 is 50.4 Å². The number of fused-ring (bicyclic) bond motifs is 2. The highest BCUT2D eigenvalue weighted by atomic mass is 35.5. The van der Waals surface area contributed by atoms with Crippen LogP contribution in [-0.2, 0) is 17.9 Å². The summed E-state index contributed by atoms with van der Waals surface area (Å²) in [5, 5.41) is 7.51. The van der Waals surface area contributed by atoms with Crippen LogP contribution in [0.25, 0.3) is 10.1 Å². The quantitative estimate of drug-likeness (QED) is 0.399. The third kappa shape index (κ3) is 4.35. The van der Waals surface area contributed by atoms with Gasteiger partial charge < -0.3 is 21.1 Å². The molecular formula is C22H19ClN6O3S. The van der Waals surface area contributed by atoms with Gasteiger partial charge >= 0.3 is 0 Å². The number of nitrogens with zero attached hydrogens (tertiary/aromatic N) is 3. The van der Waals surface area contributed by atoms with Crippen LogP contribution in [0.15, 0.2) is 53.7 Å². The molecular weight excluding hydrogens is 464 g/mol. The van der Waals surface area contributed by atoms with Crippen LogP contribution in [0.5, 0.6) is 5.88 Å². The maximum atomic E-state index is 13.0. The van der Waals surface area contributed by atoms with E-state index in [9.17, 15) is 9.59 Å². The number of pyridine rings is 1. The van der Waals surface area contributed by atoms with E-state index in [0.717, 1.165) is 20.5 Å². The largest absolute Gasteiger partial charge is 0.473 e. The van der Waals surface area contributed by atoms with Gasteiger partial charge in [0.2, 0.25) is 11.8 Å². The van der Waals surface area contributed by atoms with Gasteiger partial charge in [0.25, 0.3) is 5.56 Å². The molecule has 11 heteroatoms. The van der Waals surface area contributed by atoms with E-state index in [0.29, 0.717) is 24.0 Å². The first-order valence-electron chi connectivity index (χ1n) is 10.1. The summed E-state index contributed by atoms with van der Waals surface area (Å²) in [5.41, 5.74) is 6.67. The monoisotopic (exact) mass is 482 g/mol. The summed E-state index contributed by atoms with van der Waals surface area (Å²) in [7, 11) is 0. The normalized spacial score (nSPS) is 14.9. The van der Waals surface area contributed by atoms with Gasteiger partial charge in [-0.05, 0) is 29.8 Å². The van der Waals surface area contributed by atoms with Crippen molar-refractivity contribution < 1.29 is 9.53 Å². The number of nitrogen functional groups attached to an aromatic ring is 1. The fourth-order valence-corrected chi connectivity index (χ4v) is 4.72. The van der Waals surface area contributed by atoms with Crippen LogP contribution >= 0.6 is 22.9 Å². The van der Waals surface area contributed by atoms with Crippen LogP contribution in [0.2, 0.25) is 5.02 Å². The maximum Gasteiger partial charge on any atom is 0.281 e. The molecule has 0 spiro atoms. The van der Waals surface area contributed by atoms with Gasteiger partial charge in [0.15, 0.2) is 5.69 Å². The Kier molecular flexibility index (Phi) is 5.61. The number of carbonyl (C=O) groups excluding carboxylic acids is 1. The number of hydrogen-bond acceptors (Lipinski definition) is 8. The Balaban J connectivity index is 1.27. The molecule has 4 aromatic rings. The third-order valence-corrected chi connectivity index (χ3v) is 6.63. The van der Waals surface area contributed by atoms with E-state index in [1.165, 1.54) is 22.2 Å². The van der Waals surface area contributed by atoms with Crippen LogP contribution in [0.3, 0.4) is 0 Å². The summed E-state index contributed by atoms with van der Waals surface area (Å²) >= 11 is 7.49. The third-order valence-electron chi connectivity index (χ3n) is 5.28. The number of halogens is 1. The molecule has 3 aromatic heterocycles. The summed E-state index contributed by atoms with van der Waals surface area (Å²) in [4.78, 5) is 34.7. The maximum absolute atomic E-state index is 13.0. The number of carbonyl (C=O) groups is 1. The second-order valence-corrected chi connectivity index (χ2v) is 9.12. The minimum absolute atomic E-state index is 0.166. The first-order valence-corrected chi connectivity index (χ1v) is 11.3. The number of rotatable bonds is 5. The first-order chi connectivity index (χ1) is 16.0. The lowest BCUT2D eigenvalue weighted by molar-refractivity contribution is -0.121. The van der Waals surface area contributed by atoms with Crippen molar-refractivity contribution in [3.05, 3.63) is 74.7 Å². The van der Waals surface area contributed by atoms with E-state index >= 15 is 0 Å². The van der Waals surface area contributed by atoms with Crippen LogP contribution in [0, 0.1) is 0 Å². The second kappa shape index (κ2) is 8.72. The van der Waals surface area contributed by atoms with E-state index in [1.807, 2.05) is 24.3 Å². The molecule has 9 nitrogen and oxygen atoms in total. The minimum Gasteiger partial charge on any atom is -0.473 e. The number of nitrogens with two attached hydrogens (primary N) is 1. The molecule has 5 rings (SSSR count). The molecule has 1 aromatic carbocycles. The Bertz CT molecular complexity index is 1400. The lowest BCUT2D eigenvalue weighted by Crippen LogP contribution is -2.36. The van der Waals surface area contributed by atoms with Crippen LogP contribution in [0.1, 0.15) is 16.5 Å². The predicted molar refractivity (Wildman–Crippen MR) is 128 cm³/mol. The number of amides is 1. The zero-order chi connectivity index (χ0) is 22.9. The molecule has 4 N–H and O–H groups in total. The van der Waals surface area contributed by atoms with Gasteiger partial charge in [0, 0.05) is 26.2 Å². The summed E-state index contributed by atoms with van der Waals surface area (Å²) in [5.74, 6) is 0.367. The van der Waals surface area contributed by atoms with Crippen molar-refractivity contribution in [2.45, 2.75) is 19.1 Å². The van der Waals surface area contributed by atoms with Crippen LogP contribution < -0.4 is 26.7 Å². The molecule has 0 saturated heterocycles. The van der Waals surface area contributed by atoms with Crippen LogP contribution in [0.4, 0.5) is 11.5 Å². The molecule has 0 saturated carbocycles. The zero-order valence-corrected chi connectivity index (χ0v) is 18.8. The Morgan fingerprint density at radius 3 is 2.91 bits per heavy atom. The fourth-order valence-electron chi connectivity index (χ4n) is 3.59. The lowest BCUT2D eigenvalue weighted by atomic mass is 10.1. The Morgan fingerprint density at radius 1 is 1.30 bits per heavy atom. The molecule has 0 aliphatic carbocycles. The van der Waals surface area contributed by atoms with Crippen molar-refractivity contribution in [2.75, 3.05) is 17.7 Å². The van der Waals surface area contributed by atoms with Gasteiger partial charge in [0.05, 0.1) is 12.6 Å². The number of benzene rings is 1. The van der Waals surface area contributed by atoms with E-state index in [1.54, 1.807) is 18.3 Å². The predicted octanol–water partition coefficient (Wildman–Crippen LogP) is 2.95. The average Bonchev–Trinajstić information content (AvgIpc) is 3.25. The highest BCUT2D eigenvalue weighted by molar-refractivity contribution is 7.19. The highest BCUT2D eigenvalue weighted by Crippen LogP contribution is 2.30. The van der Waals surface area contributed by atoms with Crippen molar-refractivity contribution in [1.82, 2.24) is 19.9 Å². The molecule has 0 bridgehead atoms. The van der Waals surface area contributed by atoms with Gasteiger partial charge in [-0.3, -0.25) is 14.2 Å². The standard InChI is InChI=1S/C22H19ClN6O3S/c23-13-3-1-12(2-4-13)16-10-32-21-19(28-16)22(31)29(11-27-21)9-18(30)26-8-14-7-15-17(33-14)5-6-25-20(15)24/h1-7,11,16,28H,8-10H2,(H2,24,25)(H,26,30)/t16-/m0/s1. The SMILES string of the molecule is Nc1nccc2sc(CNC(=O)Cn3cnc4c(c3=O)N[C@H](c3ccc(Cl)cc3)CO4)cc12. The first kappa shape index (κ1) is 21.2. The van der Waals surface area contributed by atoms with Crippen molar-refractivity contribution in [2.24, 2.45) is 0 Å². The van der Waals surface area contributed by atoms with E-state index in [-0.39, 0.29) is 35.6 Å². The molecule has 1 aliphatic heterocycles. The number of hydrogen-bond donors (Lipinski definition) is 3. The van der Waals surface area contributed by atoms with Gasteiger partial charge in [-0.15, -0.1) is 11.3 Å². The Morgan fingerprint density at radius 2 is 2.12 bits per heavy atom. The summed E-state index contributed by atoms with van der Waals surface area (Å²) < 4.78 is 7.93. The lowest BCUT2D eigenvalue weighted by Gasteiger charge is -2.26. The fraction of sp³-hybridized carbons (Fsp3) is 0.182. The number of thiophene rings is 1. The topological polar surface area (TPSA) is 124 Å². The zero-order valence-electron chi connectivity index (χ0n) is 17.2. The number of anilines is 2. The Labute approximate surface area is 197 Å². The van der Waals surface area contributed by atoms with Gasteiger partial charge in [-0.25, -0.2) is 9.97 Å². The number of ether oxygens (including phenoxy) is 1. The summed E-state index contributed by atoms with van der Waals surface area (Å²) in [6.07, 6.45) is 2.97. The van der Waals surface area contributed by atoms with E-state index < -0.39 is 0 Å². The number of nitrogens with one attached hydrogen (secondary N) is 2. The van der Waals surface area contributed by atoms with Crippen LogP contribution in [-0.4, -0.2) is 27.0 Å². The molecule has 0 fully saturated rings. The molecule has 0 unspecified atom stereocenters. The molecule has 0 radical (unpaired) electrons. The van der Waals surface area contributed by atoms with Gasteiger partial charge in [-0.1, -0.05) is 23.7 Å². The molecule has 4 heterocycles. The van der Waals surface area contributed by atoms with Gasteiger partial charge in [0.1, 0.15) is 25.3 Å². The molecule has 1 amide bonds. The smallest absolute Gasteiger partial charge is 0.281 e. The van der Waals surface area contributed by atoms with Crippen molar-refractivity contribution in [1.29, 1.82) is 0 Å².